The molecule has 0 aliphatic heterocycles. The van der Waals surface area contributed by atoms with E-state index in [1.54, 1.807) is 20.8 Å². The molecule has 3 rings (SSSR count). The van der Waals surface area contributed by atoms with Crippen molar-refractivity contribution < 1.29 is 28.8 Å². The van der Waals surface area contributed by atoms with Crippen molar-refractivity contribution in [1.29, 1.82) is 0 Å². The molecule has 0 radical (unpaired) electrons. The molecule has 3 atom stereocenters. The Morgan fingerprint density at radius 3 is 1.82 bits per heavy atom. The first-order chi connectivity index (χ1) is 21.6. The summed E-state index contributed by atoms with van der Waals surface area (Å²) in [4.78, 5) is 58.9. The first kappa shape index (κ1) is 34.8. The molecule has 0 saturated heterocycles. The van der Waals surface area contributed by atoms with Gasteiger partial charge in [-0.3, -0.25) is 19.2 Å². The fraction of sp³-hybridized carbons (Fsp3) is 0.371. The van der Waals surface area contributed by atoms with Crippen molar-refractivity contribution in [1.82, 2.24) is 21.4 Å². The van der Waals surface area contributed by atoms with Gasteiger partial charge in [-0.2, -0.15) is 0 Å². The van der Waals surface area contributed by atoms with E-state index in [0.29, 0.717) is 12.8 Å². The van der Waals surface area contributed by atoms with Crippen LogP contribution in [0.1, 0.15) is 50.3 Å². The van der Waals surface area contributed by atoms with Crippen LogP contribution in [0.3, 0.4) is 0 Å². The molecule has 10 heteroatoms. The lowest BCUT2D eigenvalue weighted by Gasteiger charge is -2.29. The van der Waals surface area contributed by atoms with Crippen LogP contribution in [-0.4, -0.2) is 48.5 Å². The number of amides is 4. The van der Waals surface area contributed by atoms with Crippen LogP contribution in [0.2, 0.25) is 0 Å². The van der Waals surface area contributed by atoms with E-state index in [9.17, 15) is 19.2 Å². The molecule has 0 aliphatic carbocycles. The SMILES string of the molecule is CNC(=O)[C@H](Cc1ccccc1)NC(=O)[C@H](CCCc1ccccc1)[C@@H](NC(=O)OC(C)(C)C)C(=O)NOCc1ccccc1. The second kappa shape index (κ2) is 17.6. The van der Waals surface area contributed by atoms with Gasteiger partial charge in [0.2, 0.25) is 11.8 Å². The quantitative estimate of drug-likeness (QED) is 0.189. The van der Waals surface area contributed by atoms with Crippen LogP contribution >= 0.6 is 0 Å². The highest BCUT2D eigenvalue weighted by molar-refractivity contribution is 5.94. The molecule has 0 unspecified atom stereocenters. The van der Waals surface area contributed by atoms with Gasteiger partial charge in [0.25, 0.3) is 5.91 Å². The molecule has 0 aliphatic rings. The molecule has 0 fully saturated rings. The van der Waals surface area contributed by atoms with Gasteiger partial charge < -0.3 is 20.7 Å². The number of benzene rings is 3. The number of ether oxygens (including phenoxy) is 1. The summed E-state index contributed by atoms with van der Waals surface area (Å²) >= 11 is 0. The van der Waals surface area contributed by atoms with E-state index < -0.39 is 41.5 Å². The summed E-state index contributed by atoms with van der Waals surface area (Å²) in [7, 11) is 1.49. The molecule has 4 amide bonds. The number of nitrogens with one attached hydrogen (secondary N) is 4. The minimum absolute atomic E-state index is 0.0758. The van der Waals surface area contributed by atoms with Crippen LogP contribution in [0.4, 0.5) is 4.79 Å². The third-order valence-corrected chi connectivity index (χ3v) is 6.93. The van der Waals surface area contributed by atoms with E-state index >= 15 is 0 Å². The Hall–Kier alpha value is -4.70. The Balaban J connectivity index is 1.87. The highest BCUT2D eigenvalue weighted by atomic mass is 16.7. The number of rotatable bonds is 15. The van der Waals surface area contributed by atoms with Gasteiger partial charge in [-0.05, 0) is 56.7 Å². The molecule has 3 aromatic rings. The van der Waals surface area contributed by atoms with E-state index in [0.717, 1.165) is 16.7 Å². The van der Waals surface area contributed by atoms with Crippen LogP contribution in [-0.2, 0) is 43.4 Å². The fourth-order valence-corrected chi connectivity index (χ4v) is 4.74. The summed E-state index contributed by atoms with van der Waals surface area (Å²) in [6.45, 7) is 5.18. The first-order valence-corrected chi connectivity index (χ1v) is 15.1. The lowest BCUT2D eigenvalue weighted by molar-refractivity contribution is -0.142. The lowest BCUT2D eigenvalue weighted by atomic mass is 9.90. The Morgan fingerprint density at radius 2 is 1.27 bits per heavy atom. The number of alkyl carbamates (subject to hydrolysis) is 1. The Labute approximate surface area is 265 Å². The molecule has 10 nitrogen and oxygen atoms in total. The van der Waals surface area contributed by atoms with Crippen LogP contribution in [0.25, 0.3) is 0 Å². The third kappa shape index (κ3) is 12.4. The van der Waals surface area contributed by atoms with Crippen molar-refractivity contribution >= 4 is 23.8 Å². The number of hydrogen-bond acceptors (Lipinski definition) is 6. The first-order valence-electron chi connectivity index (χ1n) is 15.1. The number of hydrogen-bond donors (Lipinski definition) is 4. The van der Waals surface area contributed by atoms with Gasteiger partial charge in [0.15, 0.2) is 0 Å². The van der Waals surface area contributed by atoms with Crippen LogP contribution in [0.5, 0.6) is 0 Å². The van der Waals surface area contributed by atoms with Gasteiger partial charge in [-0.25, -0.2) is 10.3 Å². The zero-order chi connectivity index (χ0) is 32.7. The van der Waals surface area contributed by atoms with Gasteiger partial charge in [0.1, 0.15) is 17.7 Å². The standard InChI is InChI=1S/C35H44N4O6/c1-35(2,3)45-34(43)38-30(33(42)39-44-24-27-19-12-7-13-20-27)28(22-14-21-25-15-8-5-9-16-25)31(40)37-29(32(41)36-4)23-26-17-10-6-11-18-26/h5-13,15-20,28-30H,14,21-24H2,1-4H3,(H,36,41)(H,37,40)(H,38,43)(H,39,42)/t28-,29+,30-/m1/s1. The van der Waals surface area contributed by atoms with E-state index in [1.807, 2.05) is 91.0 Å². The Kier molecular flexibility index (Phi) is 13.6. The predicted molar refractivity (Wildman–Crippen MR) is 172 cm³/mol. The van der Waals surface area contributed by atoms with Crippen molar-refractivity contribution in [2.24, 2.45) is 5.92 Å². The van der Waals surface area contributed by atoms with Crippen molar-refractivity contribution in [2.45, 2.75) is 70.7 Å². The molecule has 0 saturated carbocycles. The zero-order valence-corrected chi connectivity index (χ0v) is 26.4. The van der Waals surface area contributed by atoms with Gasteiger partial charge in [0.05, 0.1) is 12.5 Å². The topological polar surface area (TPSA) is 135 Å². The Bertz CT molecular complexity index is 1360. The van der Waals surface area contributed by atoms with Gasteiger partial charge >= 0.3 is 6.09 Å². The second-order valence-electron chi connectivity index (χ2n) is 11.7. The normalized spacial score (nSPS) is 13.1. The molecule has 0 spiro atoms. The Morgan fingerprint density at radius 1 is 0.711 bits per heavy atom. The number of carbonyl (C=O) groups excluding carboxylic acids is 4. The minimum Gasteiger partial charge on any atom is -0.444 e. The molecule has 45 heavy (non-hydrogen) atoms. The maximum Gasteiger partial charge on any atom is 0.408 e. The van der Waals surface area contributed by atoms with Crippen molar-refractivity contribution in [3.05, 3.63) is 108 Å². The van der Waals surface area contributed by atoms with E-state index in [2.05, 4.69) is 21.4 Å². The summed E-state index contributed by atoms with van der Waals surface area (Å²) in [5, 5.41) is 8.05. The van der Waals surface area contributed by atoms with E-state index in [-0.39, 0.29) is 25.4 Å². The summed E-state index contributed by atoms with van der Waals surface area (Å²) in [6.07, 6.45) is 0.756. The average molecular weight is 617 g/mol. The molecular weight excluding hydrogens is 572 g/mol. The molecule has 0 aromatic heterocycles. The van der Waals surface area contributed by atoms with Gasteiger partial charge in [-0.1, -0.05) is 91.0 Å². The molecule has 240 valence electrons. The number of carbonyl (C=O) groups is 4. The number of aryl methyl sites for hydroxylation is 1. The van der Waals surface area contributed by atoms with Crippen LogP contribution in [0, 0.1) is 5.92 Å². The van der Waals surface area contributed by atoms with Crippen molar-refractivity contribution in [2.75, 3.05) is 7.05 Å². The van der Waals surface area contributed by atoms with E-state index in [4.69, 9.17) is 9.57 Å². The second-order valence-corrected chi connectivity index (χ2v) is 11.7. The lowest BCUT2D eigenvalue weighted by Crippen LogP contribution is -2.57. The molecule has 4 N–H and O–H groups in total. The van der Waals surface area contributed by atoms with Crippen molar-refractivity contribution in [3.8, 4) is 0 Å². The largest absolute Gasteiger partial charge is 0.444 e. The van der Waals surface area contributed by atoms with Crippen LogP contribution in [0.15, 0.2) is 91.0 Å². The maximum atomic E-state index is 14.0. The number of hydroxylamine groups is 1. The maximum absolute atomic E-state index is 14.0. The van der Waals surface area contributed by atoms with Crippen LogP contribution < -0.4 is 21.4 Å². The highest BCUT2D eigenvalue weighted by Crippen LogP contribution is 2.18. The fourth-order valence-electron chi connectivity index (χ4n) is 4.74. The predicted octanol–water partition coefficient (Wildman–Crippen LogP) is 4.24. The average Bonchev–Trinajstić information content (AvgIpc) is 3.02. The molecule has 0 bridgehead atoms. The molecule has 3 aromatic carbocycles. The third-order valence-electron chi connectivity index (χ3n) is 6.93. The summed E-state index contributed by atoms with van der Waals surface area (Å²) in [5.41, 5.74) is 4.29. The van der Waals surface area contributed by atoms with Gasteiger partial charge in [-0.15, -0.1) is 0 Å². The smallest absolute Gasteiger partial charge is 0.408 e. The van der Waals surface area contributed by atoms with E-state index in [1.165, 1.54) is 7.05 Å². The molecule has 0 heterocycles. The highest BCUT2D eigenvalue weighted by Gasteiger charge is 2.37. The van der Waals surface area contributed by atoms with Gasteiger partial charge in [0, 0.05) is 13.5 Å². The minimum atomic E-state index is -1.37. The number of likely N-dealkylation sites (N-methyl/N-ethyl adjacent to an activating group) is 1. The summed E-state index contributed by atoms with van der Waals surface area (Å²) < 4.78 is 5.44. The van der Waals surface area contributed by atoms with Crippen molar-refractivity contribution in [3.63, 3.8) is 0 Å². The molecular formula is C35H44N4O6. The monoisotopic (exact) mass is 616 g/mol. The zero-order valence-electron chi connectivity index (χ0n) is 26.4. The summed E-state index contributed by atoms with van der Waals surface area (Å²) in [6, 6.07) is 26.0. The summed E-state index contributed by atoms with van der Waals surface area (Å²) in [5.74, 6) is -2.74.